The number of amides is 1. The maximum absolute atomic E-state index is 12.5. The topological polar surface area (TPSA) is 66.5 Å². The standard InChI is InChI=1S/C19H30N2O3S/c1-14(15-8-10-17(11-9-15)19(2,3)4)20-18(22)16-7-6-12-21(13-16)25(5,23)24/h8-11,14,16H,6-7,12-13H2,1-5H3,(H,20,22)/t14-,16+/m0/s1. The zero-order valence-corrected chi connectivity index (χ0v) is 16.7. The van der Waals surface area contributed by atoms with E-state index in [9.17, 15) is 13.2 Å². The van der Waals surface area contributed by atoms with Gasteiger partial charge in [-0.3, -0.25) is 4.79 Å². The maximum Gasteiger partial charge on any atom is 0.224 e. The molecular weight excluding hydrogens is 336 g/mol. The normalized spacial score (nSPS) is 20.9. The first-order valence-electron chi connectivity index (χ1n) is 8.84. The van der Waals surface area contributed by atoms with Gasteiger partial charge in [0.1, 0.15) is 0 Å². The molecule has 0 bridgehead atoms. The molecule has 6 heteroatoms. The second-order valence-corrected chi connectivity index (χ2v) is 10.0. The number of hydrogen-bond acceptors (Lipinski definition) is 3. The van der Waals surface area contributed by atoms with Gasteiger partial charge in [-0.1, -0.05) is 45.0 Å². The van der Waals surface area contributed by atoms with Gasteiger partial charge in [0.05, 0.1) is 18.2 Å². The van der Waals surface area contributed by atoms with Gasteiger partial charge in [-0.05, 0) is 36.3 Å². The van der Waals surface area contributed by atoms with E-state index in [1.165, 1.54) is 16.1 Å². The molecule has 0 radical (unpaired) electrons. The number of nitrogens with one attached hydrogen (secondary N) is 1. The summed E-state index contributed by atoms with van der Waals surface area (Å²) < 4.78 is 24.8. The van der Waals surface area contributed by atoms with Crippen molar-refractivity contribution in [3.8, 4) is 0 Å². The Morgan fingerprint density at radius 2 is 1.84 bits per heavy atom. The van der Waals surface area contributed by atoms with Crippen LogP contribution in [0.15, 0.2) is 24.3 Å². The molecule has 0 aromatic heterocycles. The van der Waals surface area contributed by atoms with Crippen molar-refractivity contribution in [2.45, 2.75) is 52.0 Å². The van der Waals surface area contributed by atoms with E-state index in [4.69, 9.17) is 0 Å². The Balaban J connectivity index is 2.00. The van der Waals surface area contributed by atoms with Crippen LogP contribution >= 0.6 is 0 Å². The fourth-order valence-corrected chi connectivity index (χ4v) is 4.06. The van der Waals surface area contributed by atoms with Crippen LogP contribution in [0.4, 0.5) is 0 Å². The minimum Gasteiger partial charge on any atom is -0.349 e. The summed E-state index contributed by atoms with van der Waals surface area (Å²) in [5.74, 6) is -0.347. The summed E-state index contributed by atoms with van der Waals surface area (Å²) >= 11 is 0. The van der Waals surface area contributed by atoms with Crippen LogP contribution in [0.1, 0.15) is 57.7 Å². The largest absolute Gasteiger partial charge is 0.349 e. The number of sulfonamides is 1. The van der Waals surface area contributed by atoms with E-state index in [0.717, 1.165) is 18.4 Å². The van der Waals surface area contributed by atoms with Crippen molar-refractivity contribution < 1.29 is 13.2 Å². The summed E-state index contributed by atoms with van der Waals surface area (Å²) in [6, 6.07) is 8.20. The Morgan fingerprint density at radius 3 is 2.36 bits per heavy atom. The van der Waals surface area contributed by atoms with Gasteiger partial charge in [0.25, 0.3) is 0 Å². The lowest BCUT2D eigenvalue weighted by Gasteiger charge is -2.31. The molecule has 0 spiro atoms. The highest BCUT2D eigenvalue weighted by atomic mass is 32.2. The smallest absolute Gasteiger partial charge is 0.224 e. The molecule has 1 amide bonds. The van der Waals surface area contributed by atoms with E-state index in [1.54, 1.807) is 0 Å². The molecule has 0 unspecified atom stereocenters. The minimum absolute atomic E-state index is 0.0688. The summed E-state index contributed by atoms with van der Waals surface area (Å²) in [5.41, 5.74) is 2.41. The molecule has 25 heavy (non-hydrogen) atoms. The first-order valence-corrected chi connectivity index (χ1v) is 10.7. The lowest BCUT2D eigenvalue weighted by Crippen LogP contribution is -2.45. The predicted molar refractivity (Wildman–Crippen MR) is 101 cm³/mol. The second kappa shape index (κ2) is 7.46. The molecule has 1 aliphatic rings. The van der Waals surface area contributed by atoms with E-state index in [0.29, 0.717) is 6.54 Å². The van der Waals surface area contributed by atoms with Crippen LogP contribution in [0.5, 0.6) is 0 Å². The van der Waals surface area contributed by atoms with Gasteiger partial charge < -0.3 is 5.32 Å². The third-order valence-electron chi connectivity index (χ3n) is 4.86. The molecule has 1 aromatic rings. The van der Waals surface area contributed by atoms with Crippen molar-refractivity contribution in [1.29, 1.82) is 0 Å². The van der Waals surface area contributed by atoms with Gasteiger partial charge in [0, 0.05) is 13.1 Å². The second-order valence-electron chi connectivity index (χ2n) is 8.06. The van der Waals surface area contributed by atoms with Gasteiger partial charge in [0.2, 0.25) is 15.9 Å². The molecule has 2 rings (SSSR count). The van der Waals surface area contributed by atoms with Crippen LogP contribution in [-0.4, -0.2) is 38.0 Å². The van der Waals surface area contributed by atoms with E-state index in [1.807, 2.05) is 6.92 Å². The van der Waals surface area contributed by atoms with Crippen LogP contribution in [0, 0.1) is 5.92 Å². The van der Waals surface area contributed by atoms with Crippen molar-refractivity contribution in [2.75, 3.05) is 19.3 Å². The number of piperidine rings is 1. The van der Waals surface area contributed by atoms with E-state index >= 15 is 0 Å². The van der Waals surface area contributed by atoms with Crippen molar-refractivity contribution in [1.82, 2.24) is 9.62 Å². The maximum atomic E-state index is 12.5. The molecule has 1 fully saturated rings. The summed E-state index contributed by atoms with van der Waals surface area (Å²) in [6.07, 6.45) is 2.65. The van der Waals surface area contributed by atoms with Gasteiger partial charge in [-0.2, -0.15) is 0 Å². The fraction of sp³-hybridized carbons (Fsp3) is 0.632. The Bertz CT molecular complexity index is 705. The fourth-order valence-electron chi connectivity index (χ4n) is 3.14. The Labute approximate surface area is 151 Å². The summed E-state index contributed by atoms with van der Waals surface area (Å²) in [5, 5.41) is 3.04. The number of carbonyl (C=O) groups is 1. The molecule has 5 nitrogen and oxygen atoms in total. The van der Waals surface area contributed by atoms with Crippen molar-refractivity contribution in [2.24, 2.45) is 5.92 Å². The molecule has 0 aliphatic carbocycles. The number of benzene rings is 1. The molecule has 1 aromatic carbocycles. The summed E-state index contributed by atoms with van der Waals surface area (Å²) in [6.45, 7) is 9.26. The molecule has 1 N–H and O–H groups in total. The van der Waals surface area contributed by atoms with Crippen molar-refractivity contribution in [3.05, 3.63) is 35.4 Å². The molecule has 1 heterocycles. The van der Waals surface area contributed by atoms with Crippen molar-refractivity contribution in [3.63, 3.8) is 0 Å². The molecule has 140 valence electrons. The van der Waals surface area contributed by atoms with Crippen LogP contribution in [0.25, 0.3) is 0 Å². The highest BCUT2D eigenvalue weighted by molar-refractivity contribution is 7.88. The zero-order chi connectivity index (χ0) is 18.8. The summed E-state index contributed by atoms with van der Waals surface area (Å²) in [4.78, 5) is 12.5. The average Bonchev–Trinajstić information content (AvgIpc) is 2.53. The minimum atomic E-state index is -3.24. The van der Waals surface area contributed by atoms with Gasteiger partial charge in [0.15, 0.2) is 0 Å². The number of carbonyl (C=O) groups excluding carboxylic acids is 1. The first kappa shape index (κ1) is 19.9. The van der Waals surface area contributed by atoms with Crippen LogP contribution < -0.4 is 5.32 Å². The third kappa shape index (κ3) is 5.28. The number of rotatable bonds is 4. The first-order chi connectivity index (χ1) is 11.5. The lowest BCUT2D eigenvalue weighted by molar-refractivity contribution is -0.126. The highest BCUT2D eigenvalue weighted by Gasteiger charge is 2.30. The molecule has 1 aliphatic heterocycles. The van der Waals surface area contributed by atoms with Crippen molar-refractivity contribution >= 4 is 15.9 Å². The van der Waals surface area contributed by atoms with Gasteiger partial charge in [-0.25, -0.2) is 12.7 Å². The summed E-state index contributed by atoms with van der Waals surface area (Å²) in [7, 11) is -3.24. The van der Waals surface area contributed by atoms with Crippen LogP contribution in [0.2, 0.25) is 0 Å². The average molecular weight is 367 g/mol. The molecule has 0 saturated carbocycles. The van der Waals surface area contributed by atoms with Crippen LogP contribution in [-0.2, 0) is 20.2 Å². The SMILES string of the molecule is C[C@H](NC(=O)[C@@H]1CCCN(S(C)(=O)=O)C1)c1ccc(C(C)(C)C)cc1. The molecule has 1 saturated heterocycles. The molecule has 2 atom stereocenters. The third-order valence-corrected chi connectivity index (χ3v) is 6.13. The number of hydrogen-bond donors (Lipinski definition) is 1. The van der Waals surface area contributed by atoms with E-state index in [-0.39, 0.29) is 29.8 Å². The highest BCUT2D eigenvalue weighted by Crippen LogP contribution is 2.25. The van der Waals surface area contributed by atoms with Gasteiger partial charge in [-0.15, -0.1) is 0 Å². The Kier molecular flexibility index (Phi) is 5.94. The molecular formula is C19H30N2O3S. The Hall–Kier alpha value is -1.40. The Morgan fingerprint density at radius 1 is 1.24 bits per heavy atom. The predicted octanol–water partition coefficient (Wildman–Crippen LogP) is 2.83. The zero-order valence-electron chi connectivity index (χ0n) is 15.9. The monoisotopic (exact) mass is 366 g/mol. The quantitative estimate of drug-likeness (QED) is 0.891. The van der Waals surface area contributed by atoms with E-state index in [2.05, 4.69) is 50.4 Å². The lowest BCUT2D eigenvalue weighted by atomic mass is 9.86. The number of nitrogens with zero attached hydrogens (tertiary/aromatic N) is 1. The van der Waals surface area contributed by atoms with Gasteiger partial charge >= 0.3 is 0 Å². The van der Waals surface area contributed by atoms with Crippen LogP contribution in [0.3, 0.4) is 0 Å². The van der Waals surface area contributed by atoms with E-state index < -0.39 is 10.0 Å².